The van der Waals surface area contributed by atoms with Crippen LogP contribution in [-0.4, -0.2) is 32.3 Å². The number of benzene rings is 1. The summed E-state index contributed by atoms with van der Waals surface area (Å²) in [6.45, 7) is 0.895. The third-order valence-corrected chi connectivity index (χ3v) is 6.30. The summed E-state index contributed by atoms with van der Waals surface area (Å²) < 4.78 is 33.6. The Hall–Kier alpha value is -1.74. The molecule has 0 saturated carbocycles. The fourth-order valence-corrected chi connectivity index (χ4v) is 4.68. The highest BCUT2D eigenvalue weighted by molar-refractivity contribution is 7.87. The van der Waals surface area contributed by atoms with Gasteiger partial charge in [-0.2, -0.15) is 12.7 Å². The minimum Gasteiger partial charge on any atom is -0.380 e. The van der Waals surface area contributed by atoms with Gasteiger partial charge < -0.3 is 4.74 Å². The Morgan fingerprint density at radius 1 is 1.29 bits per heavy atom. The van der Waals surface area contributed by atoms with Crippen molar-refractivity contribution < 1.29 is 17.9 Å². The predicted molar refractivity (Wildman–Crippen MR) is 92.0 cm³/mol. The first-order valence-electron chi connectivity index (χ1n) is 7.45. The maximum absolute atomic E-state index is 12.5. The fraction of sp³-hybridized carbons (Fsp3) is 0.312. The molecular weight excluding hydrogens is 348 g/mol. The highest BCUT2D eigenvalue weighted by atomic mass is 32.2. The molecule has 0 spiro atoms. The summed E-state index contributed by atoms with van der Waals surface area (Å²) >= 11 is 1.20. The molecule has 128 valence electrons. The Labute approximate surface area is 145 Å². The molecular formula is C16H18N2O4S2. The lowest BCUT2D eigenvalue weighted by Gasteiger charge is -2.27. The number of carbonyl (C=O) groups is 1. The first kappa shape index (κ1) is 17.1. The Morgan fingerprint density at radius 3 is 2.79 bits per heavy atom. The van der Waals surface area contributed by atoms with Gasteiger partial charge in [0.15, 0.2) is 0 Å². The van der Waals surface area contributed by atoms with Crippen molar-refractivity contribution in [1.82, 2.24) is 9.03 Å². The molecule has 1 amide bonds. The predicted octanol–water partition coefficient (Wildman–Crippen LogP) is 1.93. The molecule has 0 bridgehead atoms. The van der Waals surface area contributed by atoms with Crippen LogP contribution >= 0.6 is 11.3 Å². The summed E-state index contributed by atoms with van der Waals surface area (Å²) in [6.07, 6.45) is 0.638. The lowest BCUT2D eigenvalue weighted by molar-refractivity contribution is 0.0978. The number of fused-ring (bicyclic) bond motifs is 1. The van der Waals surface area contributed by atoms with Gasteiger partial charge in [0.2, 0.25) is 0 Å². The minimum absolute atomic E-state index is 0.267. The fourth-order valence-electron chi connectivity index (χ4n) is 2.71. The van der Waals surface area contributed by atoms with E-state index in [4.69, 9.17) is 4.74 Å². The summed E-state index contributed by atoms with van der Waals surface area (Å²) in [6, 6.07) is 9.50. The van der Waals surface area contributed by atoms with Gasteiger partial charge in [0.05, 0.1) is 11.5 Å². The van der Waals surface area contributed by atoms with Crippen LogP contribution in [0, 0.1) is 0 Å². The van der Waals surface area contributed by atoms with Crippen LogP contribution in [0.15, 0.2) is 35.7 Å². The first-order valence-corrected chi connectivity index (χ1v) is 9.77. The van der Waals surface area contributed by atoms with E-state index in [-0.39, 0.29) is 13.2 Å². The average molecular weight is 366 g/mol. The van der Waals surface area contributed by atoms with Crippen LogP contribution in [0.1, 0.15) is 26.4 Å². The quantitative estimate of drug-likeness (QED) is 0.877. The molecule has 0 unspecified atom stereocenters. The number of methoxy groups -OCH3 is 1. The molecule has 1 aliphatic rings. The number of ether oxygens (including phenoxy) is 1. The summed E-state index contributed by atoms with van der Waals surface area (Å²) in [7, 11) is -2.35. The van der Waals surface area contributed by atoms with Gasteiger partial charge in [-0.3, -0.25) is 4.79 Å². The monoisotopic (exact) mass is 366 g/mol. The second-order valence-electron chi connectivity index (χ2n) is 5.50. The Morgan fingerprint density at radius 2 is 2.04 bits per heavy atom. The number of hydrogen-bond donors (Lipinski definition) is 1. The molecule has 2 aromatic rings. The largest absolute Gasteiger partial charge is 0.380 e. The average Bonchev–Trinajstić information content (AvgIpc) is 3.03. The highest BCUT2D eigenvalue weighted by Gasteiger charge is 2.29. The van der Waals surface area contributed by atoms with E-state index in [1.807, 2.05) is 24.3 Å². The molecule has 1 aromatic heterocycles. The van der Waals surface area contributed by atoms with Gasteiger partial charge in [0.1, 0.15) is 0 Å². The van der Waals surface area contributed by atoms with Crippen LogP contribution in [-0.2, 0) is 34.5 Å². The van der Waals surface area contributed by atoms with E-state index in [0.717, 1.165) is 11.1 Å². The van der Waals surface area contributed by atoms with Crippen LogP contribution < -0.4 is 4.72 Å². The SMILES string of the molecule is COCc1ccsc1C(=O)NS(=O)(=O)N1CCc2ccccc2C1. The summed E-state index contributed by atoms with van der Waals surface area (Å²) in [5.41, 5.74) is 2.80. The maximum atomic E-state index is 12.5. The van der Waals surface area contributed by atoms with Crippen molar-refractivity contribution in [3.05, 3.63) is 57.3 Å². The second kappa shape index (κ2) is 7.02. The topological polar surface area (TPSA) is 75.7 Å². The zero-order valence-corrected chi connectivity index (χ0v) is 14.8. The molecule has 0 radical (unpaired) electrons. The van der Waals surface area contributed by atoms with Crippen LogP contribution in [0.3, 0.4) is 0 Å². The van der Waals surface area contributed by atoms with Crippen molar-refractivity contribution in [3.63, 3.8) is 0 Å². The van der Waals surface area contributed by atoms with Crippen molar-refractivity contribution in [2.24, 2.45) is 0 Å². The summed E-state index contributed by atoms with van der Waals surface area (Å²) in [4.78, 5) is 12.7. The molecule has 0 fully saturated rings. The molecule has 1 aliphatic heterocycles. The van der Waals surface area contributed by atoms with Crippen LogP contribution in [0.4, 0.5) is 0 Å². The minimum atomic E-state index is -3.88. The molecule has 24 heavy (non-hydrogen) atoms. The third-order valence-electron chi connectivity index (χ3n) is 3.91. The molecule has 0 aliphatic carbocycles. The summed E-state index contributed by atoms with van der Waals surface area (Å²) in [5, 5.41) is 1.74. The number of amides is 1. The number of thiophene rings is 1. The molecule has 0 saturated heterocycles. The molecule has 3 rings (SSSR count). The molecule has 6 nitrogen and oxygen atoms in total. The van der Waals surface area contributed by atoms with Crippen molar-refractivity contribution in [1.29, 1.82) is 0 Å². The van der Waals surface area contributed by atoms with Crippen LogP contribution in [0.5, 0.6) is 0 Å². The molecule has 0 atom stereocenters. The van der Waals surface area contributed by atoms with Gasteiger partial charge >= 0.3 is 10.2 Å². The van der Waals surface area contributed by atoms with Crippen molar-refractivity contribution in [2.75, 3.05) is 13.7 Å². The third kappa shape index (κ3) is 3.51. The molecule has 8 heteroatoms. The van der Waals surface area contributed by atoms with Gasteiger partial charge in [-0.05, 0) is 29.0 Å². The molecule has 1 aromatic carbocycles. The zero-order chi connectivity index (χ0) is 17.2. The molecule has 2 heterocycles. The van der Waals surface area contributed by atoms with E-state index < -0.39 is 16.1 Å². The highest BCUT2D eigenvalue weighted by Crippen LogP contribution is 2.22. The van der Waals surface area contributed by atoms with Crippen molar-refractivity contribution >= 4 is 27.5 Å². The number of rotatable bonds is 5. The second-order valence-corrected chi connectivity index (χ2v) is 8.08. The lowest BCUT2D eigenvalue weighted by atomic mass is 10.0. The van der Waals surface area contributed by atoms with Crippen molar-refractivity contribution in [2.45, 2.75) is 19.6 Å². The number of nitrogens with one attached hydrogen (secondary N) is 1. The van der Waals surface area contributed by atoms with E-state index in [9.17, 15) is 13.2 Å². The standard InChI is InChI=1S/C16H18N2O4S2/c1-22-11-14-7-9-23-15(14)16(19)17-24(20,21)18-8-6-12-4-2-3-5-13(12)10-18/h2-5,7,9H,6,8,10-11H2,1H3,(H,17,19). The lowest BCUT2D eigenvalue weighted by Crippen LogP contribution is -2.45. The van der Waals surface area contributed by atoms with E-state index in [2.05, 4.69) is 4.72 Å². The first-order chi connectivity index (χ1) is 11.5. The number of hydrogen-bond acceptors (Lipinski definition) is 5. The Bertz CT molecular complexity index is 845. The van der Waals surface area contributed by atoms with Gasteiger partial charge in [-0.25, -0.2) is 4.72 Å². The van der Waals surface area contributed by atoms with Gasteiger partial charge in [0.25, 0.3) is 5.91 Å². The van der Waals surface area contributed by atoms with Crippen LogP contribution in [0.2, 0.25) is 0 Å². The smallest absolute Gasteiger partial charge is 0.304 e. The number of nitrogens with zero attached hydrogens (tertiary/aromatic N) is 1. The van der Waals surface area contributed by atoms with Gasteiger partial charge in [-0.1, -0.05) is 24.3 Å². The molecule has 1 N–H and O–H groups in total. The Kier molecular flexibility index (Phi) is 5.00. The zero-order valence-electron chi connectivity index (χ0n) is 13.2. The van der Waals surface area contributed by atoms with E-state index in [0.29, 0.717) is 23.4 Å². The summed E-state index contributed by atoms with van der Waals surface area (Å²) in [5.74, 6) is -0.615. The van der Waals surface area contributed by atoms with Crippen LogP contribution in [0.25, 0.3) is 0 Å². The number of carbonyl (C=O) groups excluding carboxylic acids is 1. The van der Waals surface area contributed by atoms with E-state index >= 15 is 0 Å². The maximum Gasteiger partial charge on any atom is 0.304 e. The van der Waals surface area contributed by atoms with Crippen molar-refractivity contribution in [3.8, 4) is 0 Å². The van der Waals surface area contributed by atoms with E-state index in [1.54, 1.807) is 11.4 Å². The van der Waals surface area contributed by atoms with Gasteiger partial charge in [0, 0.05) is 25.8 Å². The van der Waals surface area contributed by atoms with Gasteiger partial charge in [-0.15, -0.1) is 11.3 Å². The normalized spacial score (nSPS) is 15.0. The Balaban J connectivity index is 1.75. The van der Waals surface area contributed by atoms with E-state index in [1.165, 1.54) is 22.8 Å².